The summed E-state index contributed by atoms with van der Waals surface area (Å²) in [5.74, 6) is -0.924. The van der Waals surface area contributed by atoms with Gasteiger partial charge in [0.1, 0.15) is 5.82 Å². The zero-order chi connectivity index (χ0) is 25.3. The summed E-state index contributed by atoms with van der Waals surface area (Å²) in [4.78, 5) is 42.2. The smallest absolute Gasteiger partial charge is 0.277 e. The van der Waals surface area contributed by atoms with Gasteiger partial charge in [0.25, 0.3) is 11.5 Å². The van der Waals surface area contributed by atoms with Crippen LogP contribution in [0.1, 0.15) is 40.3 Å². The van der Waals surface area contributed by atoms with E-state index >= 15 is 0 Å². The van der Waals surface area contributed by atoms with Gasteiger partial charge in [-0.15, -0.1) is 11.3 Å². The fourth-order valence-electron chi connectivity index (χ4n) is 3.28. The third kappa shape index (κ3) is 4.34. The van der Waals surface area contributed by atoms with Crippen molar-refractivity contribution >= 4 is 50.4 Å². The topological polar surface area (TPSA) is 127 Å². The number of fused-ring (bicyclic) bond motifs is 1. The highest BCUT2D eigenvalue weighted by Crippen LogP contribution is 2.33. The van der Waals surface area contributed by atoms with Crippen molar-refractivity contribution in [3.63, 3.8) is 0 Å². The highest BCUT2D eigenvalue weighted by atomic mass is 32.1. The predicted molar refractivity (Wildman–Crippen MR) is 123 cm³/mol. The lowest BCUT2D eigenvalue weighted by molar-refractivity contribution is -0.117. The van der Waals surface area contributed by atoms with Gasteiger partial charge in [-0.2, -0.15) is 5.10 Å². The van der Waals surface area contributed by atoms with E-state index in [1.807, 2.05) is 5.32 Å². The van der Waals surface area contributed by atoms with Crippen LogP contribution in [-0.4, -0.2) is 47.3 Å². The van der Waals surface area contributed by atoms with E-state index in [-0.39, 0.29) is 40.5 Å². The van der Waals surface area contributed by atoms with Crippen LogP contribution in [-0.2, 0) is 9.53 Å². The van der Waals surface area contributed by atoms with Gasteiger partial charge in [-0.25, -0.2) is 9.67 Å². The number of carbonyl (C=O) groups is 2. The summed E-state index contributed by atoms with van der Waals surface area (Å²) in [6.07, 6.45) is 4.37. The number of nitrogens with zero attached hydrogens (tertiary/aromatic N) is 3. The number of pyridine rings is 1. The highest BCUT2D eigenvalue weighted by molar-refractivity contribution is 7.17. The van der Waals surface area contributed by atoms with Crippen molar-refractivity contribution in [1.29, 1.82) is 0 Å². The Morgan fingerprint density at radius 3 is 2.91 bits per heavy atom. The molecule has 0 saturated heterocycles. The van der Waals surface area contributed by atoms with Crippen LogP contribution in [0.3, 0.4) is 0 Å². The molecule has 0 bridgehead atoms. The first-order valence-electron chi connectivity index (χ1n) is 11.5. The molecule has 0 radical (unpaired) electrons. The molecule has 0 spiro atoms. The Morgan fingerprint density at radius 2 is 2.19 bits per heavy atom. The number of aromatic nitrogens is 3. The lowest BCUT2D eigenvalue weighted by Crippen LogP contribution is -2.28. The molecule has 1 aliphatic carbocycles. The Balaban J connectivity index is 1.74. The Morgan fingerprint density at radius 1 is 1.38 bits per heavy atom. The second kappa shape index (κ2) is 9.05. The van der Waals surface area contributed by atoms with Crippen molar-refractivity contribution in [2.75, 3.05) is 31.3 Å². The average Bonchev–Trinajstić information content (AvgIpc) is 3.55. The van der Waals surface area contributed by atoms with Crippen LogP contribution in [0.2, 0.25) is 0 Å². The zero-order valence-corrected chi connectivity index (χ0v) is 18.3. The first kappa shape index (κ1) is 18.3. The van der Waals surface area contributed by atoms with Gasteiger partial charge < -0.3 is 20.7 Å². The molecule has 4 rings (SSSR count). The fourth-order valence-corrected chi connectivity index (χ4v) is 4.13. The molecule has 3 N–H and O–H groups in total. The van der Waals surface area contributed by atoms with Crippen LogP contribution in [0.5, 0.6) is 0 Å². The SMILES string of the molecule is [2H]C([2H])([2H])NC(=O)c1cnc(NC(=O)C2CC2)cc1Nc1csc2cnn(C(C)COC)c(=O)c12. The molecule has 1 atom stereocenters. The first-order valence-corrected chi connectivity index (χ1v) is 10.8. The van der Waals surface area contributed by atoms with E-state index in [4.69, 9.17) is 8.85 Å². The van der Waals surface area contributed by atoms with E-state index in [2.05, 4.69) is 20.7 Å². The number of rotatable bonds is 8. The van der Waals surface area contributed by atoms with Gasteiger partial charge in [-0.05, 0) is 19.8 Å². The molecule has 3 heterocycles. The molecule has 1 fully saturated rings. The number of carbonyl (C=O) groups excluding carboxylic acids is 2. The summed E-state index contributed by atoms with van der Waals surface area (Å²) in [6.45, 7) is -0.615. The maximum absolute atomic E-state index is 13.2. The molecule has 1 aliphatic rings. The van der Waals surface area contributed by atoms with Crippen molar-refractivity contribution in [1.82, 2.24) is 20.1 Å². The minimum Gasteiger partial charge on any atom is -0.382 e. The maximum Gasteiger partial charge on any atom is 0.277 e. The van der Waals surface area contributed by atoms with Gasteiger partial charge in [0.05, 0.1) is 45.9 Å². The van der Waals surface area contributed by atoms with E-state index < -0.39 is 12.9 Å². The van der Waals surface area contributed by atoms with Gasteiger partial charge >= 0.3 is 0 Å². The molecule has 0 aliphatic heterocycles. The second-order valence-corrected chi connectivity index (χ2v) is 8.46. The van der Waals surface area contributed by atoms with Crippen LogP contribution in [0.4, 0.5) is 17.2 Å². The molecule has 2 amide bonds. The first-order chi connectivity index (χ1) is 16.6. The third-order valence-electron chi connectivity index (χ3n) is 5.10. The van der Waals surface area contributed by atoms with Crippen molar-refractivity contribution in [3.05, 3.63) is 39.8 Å². The average molecular weight is 460 g/mol. The summed E-state index contributed by atoms with van der Waals surface area (Å²) < 4.78 is 29.1. The second-order valence-electron chi connectivity index (χ2n) is 7.55. The molecule has 168 valence electrons. The number of thiophene rings is 1. The molecule has 32 heavy (non-hydrogen) atoms. The molecule has 3 aromatic heterocycles. The van der Waals surface area contributed by atoms with Gasteiger partial charge in [-0.1, -0.05) is 0 Å². The molecule has 10 nitrogen and oxygen atoms in total. The Kier molecular flexibility index (Phi) is 5.17. The summed E-state index contributed by atoms with van der Waals surface area (Å²) in [5, 5.41) is 14.0. The molecular weight excluding hydrogens is 432 g/mol. The number of ether oxygens (including phenoxy) is 1. The zero-order valence-electron chi connectivity index (χ0n) is 20.5. The molecule has 3 aromatic rings. The van der Waals surface area contributed by atoms with Crippen molar-refractivity contribution in [2.24, 2.45) is 5.92 Å². The van der Waals surface area contributed by atoms with E-state index in [1.54, 1.807) is 18.5 Å². The van der Waals surface area contributed by atoms with Crippen LogP contribution in [0.25, 0.3) is 10.1 Å². The molecule has 1 saturated carbocycles. The normalized spacial score (nSPS) is 16.0. The van der Waals surface area contributed by atoms with E-state index in [1.165, 1.54) is 35.4 Å². The lowest BCUT2D eigenvalue weighted by atomic mass is 10.2. The molecule has 1 unspecified atom stereocenters. The Hall–Kier alpha value is -3.31. The maximum atomic E-state index is 13.2. The van der Waals surface area contributed by atoms with Crippen LogP contribution < -0.4 is 21.5 Å². The van der Waals surface area contributed by atoms with E-state index in [0.29, 0.717) is 22.4 Å². The predicted octanol–water partition coefficient (Wildman–Crippen LogP) is 2.51. The van der Waals surface area contributed by atoms with E-state index in [9.17, 15) is 14.4 Å². The quantitative estimate of drug-likeness (QED) is 0.472. The molecule has 11 heteroatoms. The molecular formula is C21H24N6O4S. The lowest BCUT2D eigenvalue weighted by Gasteiger charge is -2.14. The van der Waals surface area contributed by atoms with Crippen molar-refractivity contribution < 1.29 is 18.4 Å². The van der Waals surface area contributed by atoms with Crippen LogP contribution in [0, 0.1) is 5.92 Å². The summed E-state index contributed by atoms with van der Waals surface area (Å²) in [5.41, 5.74) is 0.178. The standard InChI is InChI=1S/C21H24N6O4S/c1-11(9-31-3)27-21(30)18-15(10-32-16(18)8-24-27)25-14-6-17(26-19(28)12-4-5-12)23-7-13(14)20(29)22-2/h6-8,10-12H,4-5,9H2,1-3H3,(H,22,29)(H2,23,25,26,28)/i2D3. The Bertz CT molecular complexity index is 1330. The van der Waals surface area contributed by atoms with Crippen molar-refractivity contribution in [3.8, 4) is 0 Å². The number of hydrogen-bond acceptors (Lipinski definition) is 8. The number of amides is 2. The third-order valence-corrected chi connectivity index (χ3v) is 6.01. The fraction of sp³-hybridized carbons (Fsp3) is 0.381. The van der Waals surface area contributed by atoms with Crippen LogP contribution >= 0.6 is 11.3 Å². The number of anilines is 3. The summed E-state index contributed by atoms with van der Waals surface area (Å²) >= 11 is 1.29. The summed E-state index contributed by atoms with van der Waals surface area (Å²) in [7, 11) is 1.53. The number of methoxy groups -OCH3 is 1. The van der Waals surface area contributed by atoms with Crippen LogP contribution in [0.15, 0.2) is 28.6 Å². The minimum absolute atomic E-state index is 0.0624. The van der Waals surface area contributed by atoms with Gasteiger partial charge in [0.15, 0.2) is 0 Å². The summed E-state index contributed by atoms with van der Waals surface area (Å²) in [6, 6.07) is 1.13. The molecule has 0 aromatic carbocycles. The largest absolute Gasteiger partial charge is 0.382 e. The number of nitrogens with one attached hydrogen (secondary N) is 3. The number of hydrogen-bond donors (Lipinski definition) is 3. The highest BCUT2D eigenvalue weighted by Gasteiger charge is 2.30. The van der Waals surface area contributed by atoms with Gasteiger partial charge in [0.2, 0.25) is 5.91 Å². The van der Waals surface area contributed by atoms with Gasteiger partial charge in [0, 0.05) is 41.8 Å². The van der Waals surface area contributed by atoms with Crippen molar-refractivity contribution in [2.45, 2.75) is 25.8 Å². The Labute approximate surface area is 192 Å². The van der Waals surface area contributed by atoms with Gasteiger partial charge in [-0.3, -0.25) is 14.4 Å². The van der Waals surface area contributed by atoms with E-state index in [0.717, 1.165) is 12.8 Å². The monoisotopic (exact) mass is 459 g/mol. The minimum atomic E-state index is -2.71.